The number of halogens is 1. The standard InChI is InChI=1S/C15H18ClNO3/c1-15(2,14(19)20)17(3)13(18)11-8-10(11)9-6-4-5-7-12(9)16/h4-7,10-11H,8H2,1-3H3,(H,19,20). The molecule has 1 fully saturated rings. The lowest BCUT2D eigenvalue weighted by Crippen LogP contribution is -2.51. The van der Waals surface area contributed by atoms with Gasteiger partial charge in [0.15, 0.2) is 0 Å². The minimum atomic E-state index is -1.20. The maximum atomic E-state index is 12.4. The second-order valence-electron chi connectivity index (χ2n) is 5.73. The molecule has 2 unspecified atom stereocenters. The smallest absolute Gasteiger partial charge is 0.329 e. The second-order valence-corrected chi connectivity index (χ2v) is 6.14. The SMILES string of the molecule is CN(C(=O)C1CC1c1ccccc1Cl)C(C)(C)C(=O)O. The number of carboxylic acid groups (broad SMARTS) is 1. The third-order valence-electron chi connectivity index (χ3n) is 4.10. The number of rotatable bonds is 4. The van der Waals surface area contributed by atoms with Crippen LogP contribution in [0, 0.1) is 5.92 Å². The van der Waals surface area contributed by atoms with Gasteiger partial charge in [-0.3, -0.25) is 4.79 Å². The minimum absolute atomic E-state index is 0.100. The van der Waals surface area contributed by atoms with Gasteiger partial charge in [-0.2, -0.15) is 0 Å². The fourth-order valence-corrected chi connectivity index (χ4v) is 2.53. The van der Waals surface area contributed by atoms with E-state index in [1.807, 2.05) is 24.3 Å². The number of likely N-dealkylation sites (N-methyl/N-ethyl adjacent to an activating group) is 1. The Bertz CT molecular complexity index is 556. The van der Waals surface area contributed by atoms with Crippen LogP contribution in [0.15, 0.2) is 24.3 Å². The predicted molar refractivity (Wildman–Crippen MR) is 76.8 cm³/mol. The van der Waals surface area contributed by atoms with Crippen LogP contribution >= 0.6 is 11.6 Å². The van der Waals surface area contributed by atoms with Crippen molar-refractivity contribution in [3.05, 3.63) is 34.9 Å². The molecule has 2 rings (SSSR count). The van der Waals surface area contributed by atoms with Crippen LogP contribution in [-0.4, -0.2) is 34.5 Å². The molecule has 2 atom stereocenters. The monoisotopic (exact) mass is 295 g/mol. The van der Waals surface area contributed by atoms with Gasteiger partial charge in [0.25, 0.3) is 0 Å². The first-order valence-corrected chi connectivity index (χ1v) is 6.90. The molecule has 1 aromatic carbocycles. The predicted octanol–water partition coefficient (Wildman–Crippen LogP) is 2.77. The number of hydrogen-bond acceptors (Lipinski definition) is 2. The van der Waals surface area contributed by atoms with Crippen molar-refractivity contribution in [3.8, 4) is 0 Å². The second kappa shape index (κ2) is 5.09. The number of carbonyl (C=O) groups is 2. The Morgan fingerprint density at radius 1 is 1.35 bits per heavy atom. The zero-order valence-corrected chi connectivity index (χ0v) is 12.5. The van der Waals surface area contributed by atoms with Crippen LogP contribution in [0.5, 0.6) is 0 Å². The van der Waals surface area contributed by atoms with Gasteiger partial charge in [0, 0.05) is 18.0 Å². The Balaban J connectivity index is 2.11. The van der Waals surface area contributed by atoms with E-state index in [2.05, 4.69) is 0 Å². The third-order valence-corrected chi connectivity index (χ3v) is 4.45. The average molecular weight is 296 g/mol. The van der Waals surface area contributed by atoms with Gasteiger partial charge in [-0.25, -0.2) is 4.79 Å². The van der Waals surface area contributed by atoms with Crippen LogP contribution in [0.25, 0.3) is 0 Å². The van der Waals surface area contributed by atoms with Crippen LogP contribution < -0.4 is 0 Å². The maximum Gasteiger partial charge on any atom is 0.329 e. The Kier molecular flexibility index (Phi) is 3.78. The minimum Gasteiger partial charge on any atom is -0.480 e. The van der Waals surface area contributed by atoms with Crippen molar-refractivity contribution >= 4 is 23.5 Å². The number of amides is 1. The van der Waals surface area contributed by atoms with E-state index in [1.165, 1.54) is 18.7 Å². The van der Waals surface area contributed by atoms with Crippen molar-refractivity contribution in [1.29, 1.82) is 0 Å². The van der Waals surface area contributed by atoms with Gasteiger partial charge >= 0.3 is 5.97 Å². The number of hydrogen-bond donors (Lipinski definition) is 1. The lowest BCUT2D eigenvalue weighted by Gasteiger charge is -2.31. The van der Waals surface area contributed by atoms with Gasteiger partial charge < -0.3 is 10.0 Å². The normalized spacial score (nSPS) is 21.4. The van der Waals surface area contributed by atoms with Crippen LogP contribution in [0.1, 0.15) is 31.7 Å². The van der Waals surface area contributed by atoms with E-state index in [1.54, 1.807) is 7.05 Å². The molecule has 1 saturated carbocycles. The van der Waals surface area contributed by atoms with Gasteiger partial charge in [-0.1, -0.05) is 29.8 Å². The summed E-state index contributed by atoms with van der Waals surface area (Å²) in [5.74, 6) is -1.22. The molecule has 1 amide bonds. The molecule has 0 spiro atoms. The highest BCUT2D eigenvalue weighted by Crippen LogP contribution is 2.50. The number of aliphatic carboxylic acids is 1. The summed E-state index contributed by atoms with van der Waals surface area (Å²) in [4.78, 5) is 24.9. The molecule has 1 N–H and O–H groups in total. The first kappa shape index (κ1) is 14.9. The summed E-state index contributed by atoms with van der Waals surface area (Å²) in [5, 5.41) is 9.83. The number of carboxylic acids is 1. The fourth-order valence-electron chi connectivity index (χ4n) is 2.26. The topological polar surface area (TPSA) is 57.6 Å². The van der Waals surface area contributed by atoms with Crippen molar-refractivity contribution in [2.45, 2.75) is 31.7 Å². The molecule has 0 radical (unpaired) electrons. The lowest BCUT2D eigenvalue weighted by molar-refractivity contribution is -0.155. The van der Waals surface area contributed by atoms with Crippen LogP contribution in [0.4, 0.5) is 0 Å². The molecule has 4 nitrogen and oxygen atoms in total. The Morgan fingerprint density at radius 2 is 1.95 bits per heavy atom. The van der Waals surface area contributed by atoms with Crippen LogP contribution in [0.3, 0.4) is 0 Å². The molecule has 0 bridgehead atoms. The van der Waals surface area contributed by atoms with E-state index < -0.39 is 11.5 Å². The van der Waals surface area contributed by atoms with Crippen molar-refractivity contribution in [1.82, 2.24) is 4.90 Å². The van der Waals surface area contributed by atoms with Crippen molar-refractivity contribution in [2.24, 2.45) is 5.92 Å². The molecular weight excluding hydrogens is 278 g/mol. The summed E-state index contributed by atoms with van der Waals surface area (Å²) in [6.07, 6.45) is 0.725. The highest BCUT2D eigenvalue weighted by atomic mass is 35.5. The highest BCUT2D eigenvalue weighted by molar-refractivity contribution is 6.31. The zero-order valence-electron chi connectivity index (χ0n) is 11.8. The Labute approximate surface area is 123 Å². The first-order chi connectivity index (χ1) is 9.26. The lowest BCUT2D eigenvalue weighted by atomic mass is 10.0. The van der Waals surface area contributed by atoms with Gasteiger partial charge in [0.1, 0.15) is 5.54 Å². The van der Waals surface area contributed by atoms with Crippen LogP contribution in [-0.2, 0) is 9.59 Å². The third kappa shape index (κ3) is 2.52. The summed E-state index contributed by atoms with van der Waals surface area (Å²) in [5.41, 5.74) is -0.237. The highest BCUT2D eigenvalue weighted by Gasteiger charge is 2.49. The quantitative estimate of drug-likeness (QED) is 0.929. The Hall–Kier alpha value is -1.55. The molecule has 0 saturated heterocycles. The molecular formula is C15H18ClNO3. The van der Waals surface area contributed by atoms with Gasteiger partial charge in [0.05, 0.1) is 0 Å². The summed E-state index contributed by atoms with van der Waals surface area (Å²) in [7, 11) is 1.54. The van der Waals surface area contributed by atoms with E-state index in [0.29, 0.717) is 5.02 Å². The molecule has 0 aromatic heterocycles. The largest absolute Gasteiger partial charge is 0.480 e. The summed E-state index contributed by atoms with van der Waals surface area (Å²) < 4.78 is 0. The molecule has 5 heteroatoms. The van der Waals surface area contributed by atoms with Crippen LogP contribution in [0.2, 0.25) is 5.02 Å². The molecule has 20 heavy (non-hydrogen) atoms. The summed E-state index contributed by atoms with van der Waals surface area (Å²) in [6, 6.07) is 7.47. The molecule has 1 aromatic rings. The Morgan fingerprint density at radius 3 is 2.50 bits per heavy atom. The van der Waals surface area contributed by atoms with Gasteiger partial charge in [-0.15, -0.1) is 0 Å². The number of benzene rings is 1. The average Bonchev–Trinajstić information content (AvgIpc) is 3.17. The van der Waals surface area contributed by atoms with E-state index >= 15 is 0 Å². The fraction of sp³-hybridized carbons (Fsp3) is 0.467. The van der Waals surface area contributed by atoms with Gasteiger partial charge in [0.2, 0.25) is 5.91 Å². The van der Waals surface area contributed by atoms with Crippen molar-refractivity contribution in [2.75, 3.05) is 7.05 Å². The van der Waals surface area contributed by atoms with Crippen molar-refractivity contribution < 1.29 is 14.7 Å². The summed E-state index contributed by atoms with van der Waals surface area (Å²) in [6.45, 7) is 3.06. The van der Waals surface area contributed by atoms with Gasteiger partial charge in [-0.05, 0) is 37.8 Å². The summed E-state index contributed by atoms with van der Waals surface area (Å²) >= 11 is 6.13. The molecule has 1 aliphatic carbocycles. The van der Waals surface area contributed by atoms with E-state index in [9.17, 15) is 14.7 Å². The molecule has 108 valence electrons. The van der Waals surface area contributed by atoms with Crippen molar-refractivity contribution in [3.63, 3.8) is 0 Å². The number of carbonyl (C=O) groups excluding carboxylic acids is 1. The number of nitrogens with zero attached hydrogens (tertiary/aromatic N) is 1. The van der Waals surface area contributed by atoms with E-state index in [-0.39, 0.29) is 17.7 Å². The molecule has 0 aliphatic heterocycles. The van der Waals surface area contributed by atoms with E-state index in [4.69, 9.17) is 11.6 Å². The maximum absolute atomic E-state index is 12.4. The first-order valence-electron chi connectivity index (χ1n) is 6.52. The van der Waals surface area contributed by atoms with E-state index in [0.717, 1.165) is 12.0 Å². The molecule has 0 heterocycles. The molecule has 1 aliphatic rings. The zero-order chi connectivity index (χ0) is 15.1.